The second-order valence-corrected chi connectivity index (χ2v) is 8.28. The smallest absolute Gasteiger partial charge is 0.303 e. The fourth-order valence-electron chi connectivity index (χ4n) is 3.87. The Kier molecular flexibility index (Phi) is 6.77. The van der Waals surface area contributed by atoms with Gasteiger partial charge in [0.1, 0.15) is 0 Å². The Morgan fingerprint density at radius 2 is 1.82 bits per heavy atom. The van der Waals surface area contributed by atoms with Gasteiger partial charge in [-0.3, -0.25) is 9.59 Å². The highest BCUT2D eigenvalue weighted by atomic mass is 35.5. The second-order valence-electron chi connectivity index (χ2n) is 7.84. The van der Waals surface area contributed by atoms with Crippen molar-refractivity contribution in [2.45, 2.75) is 19.4 Å². The lowest BCUT2D eigenvalue weighted by Crippen LogP contribution is -2.11. The third-order valence-electron chi connectivity index (χ3n) is 5.42. The number of carbonyl (C=O) groups excluding carboxylic acids is 1. The van der Waals surface area contributed by atoms with E-state index in [1.807, 2.05) is 61.6 Å². The zero-order valence-electron chi connectivity index (χ0n) is 18.1. The number of halogens is 1. The maximum absolute atomic E-state index is 13.0. The van der Waals surface area contributed by atoms with Crippen LogP contribution in [-0.4, -0.2) is 24.0 Å². The molecule has 0 aromatic heterocycles. The molecule has 0 radical (unpaired) electrons. The summed E-state index contributed by atoms with van der Waals surface area (Å²) in [5.41, 5.74) is 6.34. The third kappa shape index (κ3) is 5.25. The summed E-state index contributed by atoms with van der Waals surface area (Å²) in [6.07, 6.45) is 0.517. The first-order valence-electron chi connectivity index (χ1n) is 10.6. The van der Waals surface area contributed by atoms with Crippen molar-refractivity contribution in [3.8, 4) is 0 Å². The minimum Gasteiger partial charge on any atom is -0.481 e. The summed E-state index contributed by atoms with van der Waals surface area (Å²) >= 11 is 6.13. The first-order chi connectivity index (χ1) is 15.9. The number of amides is 1. The van der Waals surface area contributed by atoms with Gasteiger partial charge >= 0.3 is 5.97 Å². The standard InChI is InChI=1S/C26H24ClN3O3/c1-28-15-17-3-2-4-20(13-17)29-25(18-8-5-16(6-9-18)7-12-23(31)32)24-21-11-10-19(27)14-22(21)30-26(24)33/h2-6,8-11,13-14,28-29H,7,12,15H2,1H3,(H,30,33)(H,31,32)/b25-24-. The van der Waals surface area contributed by atoms with E-state index in [0.717, 1.165) is 34.5 Å². The number of carbonyl (C=O) groups is 2. The number of aryl methyl sites for hydroxylation is 1. The summed E-state index contributed by atoms with van der Waals surface area (Å²) in [7, 11) is 1.89. The highest BCUT2D eigenvalue weighted by Crippen LogP contribution is 2.38. The number of rotatable bonds is 8. The monoisotopic (exact) mass is 461 g/mol. The molecule has 1 amide bonds. The van der Waals surface area contributed by atoms with Gasteiger partial charge in [-0.05, 0) is 54.4 Å². The molecule has 3 aromatic rings. The summed E-state index contributed by atoms with van der Waals surface area (Å²) in [5, 5.41) is 19.0. The van der Waals surface area contributed by atoms with Crippen LogP contribution in [0.5, 0.6) is 0 Å². The Bertz CT molecular complexity index is 1240. The van der Waals surface area contributed by atoms with E-state index < -0.39 is 5.97 Å². The van der Waals surface area contributed by atoms with Crippen LogP contribution in [0, 0.1) is 0 Å². The zero-order chi connectivity index (χ0) is 23.4. The van der Waals surface area contributed by atoms with Crippen molar-refractivity contribution in [3.63, 3.8) is 0 Å². The second kappa shape index (κ2) is 9.90. The molecule has 168 valence electrons. The van der Waals surface area contributed by atoms with Gasteiger partial charge in [-0.1, -0.05) is 54.1 Å². The van der Waals surface area contributed by atoms with Gasteiger partial charge in [0.25, 0.3) is 5.91 Å². The van der Waals surface area contributed by atoms with Crippen molar-refractivity contribution in [2.75, 3.05) is 17.7 Å². The van der Waals surface area contributed by atoms with Crippen LogP contribution < -0.4 is 16.0 Å². The van der Waals surface area contributed by atoms with Crippen LogP contribution in [0.4, 0.5) is 11.4 Å². The van der Waals surface area contributed by atoms with E-state index in [-0.39, 0.29) is 12.3 Å². The number of carboxylic acids is 1. The number of nitrogens with one attached hydrogen (secondary N) is 3. The van der Waals surface area contributed by atoms with Crippen molar-refractivity contribution in [2.24, 2.45) is 0 Å². The van der Waals surface area contributed by atoms with Gasteiger partial charge in [0.05, 0.1) is 17.0 Å². The lowest BCUT2D eigenvalue weighted by molar-refractivity contribution is -0.137. The van der Waals surface area contributed by atoms with E-state index >= 15 is 0 Å². The molecule has 1 aliphatic heterocycles. The van der Waals surface area contributed by atoms with Gasteiger partial charge in [0.15, 0.2) is 0 Å². The van der Waals surface area contributed by atoms with Gasteiger partial charge < -0.3 is 21.1 Å². The van der Waals surface area contributed by atoms with Gasteiger partial charge in [-0.25, -0.2) is 0 Å². The summed E-state index contributed by atoms with van der Waals surface area (Å²) in [5.74, 6) is -1.04. The predicted octanol–water partition coefficient (Wildman–Crippen LogP) is 5.01. The van der Waals surface area contributed by atoms with Crippen LogP contribution in [-0.2, 0) is 22.6 Å². The topological polar surface area (TPSA) is 90.5 Å². The minimum atomic E-state index is -0.831. The SMILES string of the molecule is CNCc1cccc(N/C(=C2\C(=O)Nc3cc(Cl)ccc32)c2ccc(CCC(=O)O)cc2)c1. The van der Waals surface area contributed by atoms with Crippen molar-refractivity contribution < 1.29 is 14.7 Å². The first kappa shape index (κ1) is 22.6. The van der Waals surface area contributed by atoms with Crippen LogP contribution in [0.15, 0.2) is 66.7 Å². The predicted molar refractivity (Wildman–Crippen MR) is 132 cm³/mol. The number of benzene rings is 3. The summed E-state index contributed by atoms with van der Waals surface area (Å²) in [4.78, 5) is 23.9. The van der Waals surface area contributed by atoms with E-state index in [1.165, 1.54) is 0 Å². The molecular weight excluding hydrogens is 438 g/mol. The number of hydrogen-bond donors (Lipinski definition) is 4. The summed E-state index contributed by atoms with van der Waals surface area (Å²) in [6.45, 7) is 0.724. The molecule has 0 saturated carbocycles. The molecule has 0 saturated heterocycles. The zero-order valence-corrected chi connectivity index (χ0v) is 18.9. The molecule has 6 nitrogen and oxygen atoms in total. The molecule has 1 aliphatic rings. The van der Waals surface area contributed by atoms with Crippen LogP contribution >= 0.6 is 11.6 Å². The molecule has 0 bridgehead atoms. The van der Waals surface area contributed by atoms with Crippen LogP contribution in [0.3, 0.4) is 0 Å². The minimum absolute atomic E-state index is 0.0698. The van der Waals surface area contributed by atoms with E-state index in [4.69, 9.17) is 16.7 Å². The molecule has 0 fully saturated rings. The highest BCUT2D eigenvalue weighted by Gasteiger charge is 2.28. The average molecular weight is 462 g/mol. The molecule has 4 N–H and O–H groups in total. The molecule has 1 heterocycles. The molecule has 33 heavy (non-hydrogen) atoms. The number of anilines is 2. The summed E-state index contributed by atoms with van der Waals surface area (Å²) < 4.78 is 0. The average Bonchev–Trinajstić information content (AvgIpc) is 3.11. The lowest BCUT2D eigenvalue weighted by atomic mass is 9.98. The maximum Gasteiger partial charge on any atom is 0.303 e. The maximum atomic E-state index is 13.0. The van der Waals surface area contributed by atoms with Gasteiger partial charge in [-0.2, -0.15) is 0 Å². The Balaban J connectivity index is 1.78. The fraction of sp³-hybridized carbons (Fsp3) is 0.154. The van der Waals surface area contributed by atoms with Gasteiger partial charge in [0, 0.05) is 29.2 Å². The van der Waals surface area contributed by atoms with Gasteiger partial charge in [0.2, 0.25) is 0 Å². The van der Waals surface area contributed by atoms with Crippen LogP contribution in [0.1, 0.15) is 28.7 Å². The van der Waals surface area contributed by atoms with Crippen LogP contribution in [0.2, 0.25) is 5.02 Å². The normalized spacial score (nSPS) is 13.9. The Morgan fingerprint density at radius 1 is 1.03 bits per heavy atom. The number of carboxylic acid groups (broad SMARTS) is 1. The first-order valence-corrected chi connectivity index (χ1v) is 11.0. The quantitative estimate of drug-likeness (QED) is 0.354. The third-order valence-corrected chi connectivity index (χ3v) is 5.66. The largest absolute Gasteiger partial charge is 0.481 e. The van der Waals surface area contributed by atoms with Crippen molar-refractivity contribution in [3.05, 3.63) is 94.0 Å². The van der Waals surface area contributed by atoms with E-state index in [0.29, 0.717) is 28.4 Å². The number of fused-ring (bicyclic) bond motifs is 1. The molecule has 0 aliphatic carbocycles. The Morgan fingerprint density at radius 3 is 2.55 bits per heavy atom. The molecule has 3 aromatic carbocycles. The lowest BCUT2D eigenvalue weighted by Gasteiger charge is -2.16. The number of hydrogen-bond acceptors (Lipinski definition) is 4. The Hall–Kier alpha value is -3.61. The highest BCUT2D eigenvalue weighted by molar-refractivity contribution is 6.38. The van der Waals surface area contributed by atoms with E-state index in [2.05, 4.69) is 16.0 Å². The van der Waals surface area contributed by atoms with Crippen molar-refractivity contribution >= 4 is 46.1 Å². The van der Waals surface area contributed by atoms with Crippen molar-refractivity contribution in [1.82, 2.24) is 5.32 Å². The van der Waals surface area contributed by atoms with Crippen LogP contribution in [0.25, 0.3) is 11.3 Å². The van der Waals surface area contributed by atoms with Gasteiger partial charge in [-0.15, -0.1) is 0 Å². The molecule has 0 unspecified atom stereocenters. The van der Waals surface area contributed by atoms with Crippen molar-refractivity contribution in [1.29, 1.82) is 0 Å². The molecule has 7 heteroatoms. The summed E-state index contributed by atoms with van der Waals surface area (Å²) in [6, 6.07) is 20.9. The molecule has 4 rings (SSSR count). The fourth-order valence-corrected chi connectivity index (χ4v) is 4.04. The van der Waals surface area contributed by atoms with E-state index in [1.54, 1.807) is 12.1 Å². The number of aliphatic carboxylic acids is 1. The van der Waals surface area contributed by atoms with E-state index in [9.17, 15) is 9.59 Å². The Labute approximate surface area is 197 Å². The molecular formula is C26H24ClN3O3. The molecule has 0 atom stereocenters. The molecule has 0 spiro atoms.